The van der Waals surface area contributed by atoms with Crippen LogP contribution in [0, 0.1) is 0 Å². The van der Waals surface area contributed by atoms with Gasteiger partial charge in [-0.05, 0) is 36.8 Å². The van der Waals surface area contributed by atoms with Crippen LogP contribution in [0.25, 0.3) is 21.8 Å². The molecule has 3 aromatic rings. The fourth-order valence-corrected chi connectivity index (χ4v) is 2.22. The van der Waals surface area contributed by atoms with E-state index in [0.29, 0.717) is 0 Å². The van der Waals surface area contributed by atoms with Crippen LogP contribution in [0.2, 0.25) is 0 Å². The summed E-state index contributed by atoms with van der Waals surface area (Å²) >= 11 is 0. The topological polar surface area (TPSA) is 50.9 Å². The fraction of sp³-hybridized carbons (Fsp3) is 0.188. The first-order valence-electron chi connectivity index (χ1n) is 6.60. The lowest BCUT2D eigenvalue weighted by Crippen LogP contribution is -1.99. The van der Waals surface area contributed by atoms with Crippen LogP contribution in [0.3, 0.4) is 0 Å². The van der Waals surface area contributed by atoms with Crippen molar-refractivity contribution in [3.05, 3.63) is 42.5 Å². The quantitative estimate of drug-likeness (QED) is 0.550. The van der Waals surface area contributed by atoms with Crippen LogP contribution in [-0.4, -0.2) is 11.5 Å². The standard InChI is InChI=1S/C16H17N3/c1-2-7-18-14-6-4-12-8-11-3-5-13(17)9-15(11)19-16(12)10-14/h3-6,8-10,18H,2,7,17H2,1H3. The highest BCUT2D eigenvalue weighted by molar-refractivity contribution is 5.94. The summed E-state index contributed by atoms with van der Waals surface area (Å²) in [6, 6.07) is 14.3. The molecule has 3 N–H and O–H groups in total. The van der Waals surface area contributed by atoms with Crippen LogP contribution in [-0.2, 0) is 0 Å². The molecule has 0 saturated heterocycles. The number of hydrogen-bond donors (Lipinski definition) is 2. The van der Waals surface area contributed by atoms with Crippen molar-refractivity contribution in [2.75, 3.05) is 17.6 Å². The van der Waals surface area contributed by atoms with Crippen molar-refractivity contribution in [3.8, 4) is 0 Å². The second-order valence-corrected chi connectivity index (χ2v) is 4.77. The van der Waals surface area contributed by atoms with E-state index in [1.807, 2.05) is 18.2 Å². The van der Waals surface area contributed by atoms with E-state index in [9.17, 15) is 0 Å². The molecule has 0 spiro atoms. The number of nitrogens with two attached hydrogens (primary N) is 1. The molecule has 1 aromatic heterocycles. The molecule has 0 aliphatic carbocycles. The summed E-state index contributed by atoms with van der Waals surface area (Å²) in [6.45, 7) is 3.13. The van der Waals surface area contributed by atoms with Gasteiger partial charge < -0.3 is 11.1 Å². The molecule has 3 nitrogen and oxygen atoms in total. The minimum Gasteiger partial charge on any atom is -0.399 e. The number of pyridine rings is 1. The molecule has 0 aliphatic rings. The van der Waals surface area contributed by atoms with Crippen molar-refractivity contribution < 1.29 is 0 Å². The zero-order valence-electron chi connectivity index (χ0n) is 11.0. The Morgan fingerprint density at radius 1 is 1.00 bits per heavy atom. The maximum atomic E-state index is 5.81. The number of fused-ring (bicyclic) bond motifs is 2. The van der Waals surface area contributed by atoms with Gasteiger partial charge in [0, 0.05) is 28.7 Å². The van der Waals surface area contributed by atoms with Gasteiger partial charge in [-0.25, -0.2) is 4.98 Å². The SMILES string of the molecule is CCCNc1ccc2cc3ccc(N)cc3nc2c1. The van der Waals surface area contributed by atoms with Gasteiger partial charge >= 0.3 is 0 Å². The number of benzene rings is 2. The number of nitrogens with one attached hydrogen (secondary N) is 1. The number of rotatable bonds is 3. The van der Waals surface area contributed by atoms with Gasteiger partial charge in [0.05, 0.1) is 11.0 Å². The van der Waals surface area contributed by atoms with Crippen molar-refractivity contribution >= 4 is 33.2 Å². The van der Waals surface area contributed by atoms with E-state index in [0.717, 1.165) is 46.1 Å². The van der Waals surface area contributed by atoms with Crippen molar-refractivity contribution in [1.82, 2.24) is 4.98 Å². The van der Waals surface area contributed by atoms with Crippen molar-refractivity contribution in [3.63, 3.8) is 0 Å². The van der Waals surface area contributed by atoms with Crippen LogP contribution in [0.5, 0.6) is 0 Å². The summed E-state index contributed by atoms with van der Waals surface area (Å²) in [5.74, 6) is 0. The third-order valence-electron chi connectivity index (χ3n) is 3.22. The summed E-state index contributed by atoms with van der Waals surface area (Å²) in [5, 5.41) is 5.65. The predicted molar refractivity (Wildman–Crippen MR) is 82.4 cm³/mol. The lowest BCUT2D eigenvalue weighted by molar-refractivity contribution is 0.980. The predicted octanol–water partition coefficient (Wildman–Crippen LogP) is 3.79. The van der Waals surface area contributed by atoms with Gasteiger partial charge in [-0.1, -0.05) is 19.1 Å². The maximum absolute atomic E-state index is 5.81. The molecule has 0 saturated carbocycles. The molecule has 19 heavy (non-hydrogen) atoms. The average molecular weight is 251 g/mol. The summed E-state index contributed by atoms with van der Waals surface area (Å²) in [4.78, 5) is 4.69. The Morgan fingerprint density at radius 3 is 2.53 bits per heavy atom. The van der Waals surface area contributed by atoms with E-state index in [1.165, 1.54) is 0 Å². The molecule has 0 amide bonds. The number of nitrogen functional groups attached to an aromatic ring is 1. The molecule has 0 radical (unpaired) electrons. The molecule has 0 aliphatic heterocycles. The number of hydrogen-bond acceptors (Lipinski definition) is 3. The van der Waals surface area contributed by atoms with Gasteiger partial charge in [0.15, 0.2) is 0 Å². The lowest BCUT2D eigenvalue weighted by Gasteiger charge is -2.07. The molecule has 0 unspecified atom stereocenters. The summed E-state index contributed by atoms with van der Waals surface area (Å²) in [5.41, 5.74) is 9.62. The van der Waals surface area contributed by atoms with E-state index in [4.69, 9.17) is 5.73 Å². The monoisotopic (exact) mass is 251 g/mol. The van der Waals surface area contributed by atoms with E-state index < -0.39 is 0 Å². The normalized spacial score (nSPS) is 11.0. The first-order chi connectivity index (χ1) is 9.26. The molecule has 3 rings (SSSR count). The van der Waals surface area contributed by atoms with Gasteiger partial charge in [0.25, 0.3) is 0 Å². The molecule has 0 bridgehead atoms. The Hall–Kier alpha value is -2.29. The van der Waals surface area contributed by atoms with Gasteiger partial charge in [-0.2, -0.15) is 0 Å². The van der Waals surface area contributed by atoms with Crippen molar-refractivity contribution in [2.24, 2.45) is 0 Å². The minimum absolute atomic E-state index is 0.750. The van der Waals surface area contributed by atoms with Gasteiger partial charge in [-0.3, -0.25) is 0 Å². The largest absolute Gasteiger partial charge is 0.399 e. The Morgan fingerprint density at radius 2 is 1.74 bits per heavy atom. The second-order valence-electron chi connectivity index (χ2n) is 4.77. The van der Waals surface area contributed by atoms with Crippen molar-refractivity contribution in [2.45, 2.75) is 13.3 Å². The van der Waals surface area contributed by atoms with Gasteiger partial charge in [-0.15, -0.1) is 0 Å². The molecule has 96 valence electrons. The summed E-state index contributed by atoms with van der Waals surface area (Å²) in [7, 11) is 0. The molecule has 0 fully saturated rings. The molecule has 1 heterocycles. The Bertz CT molecular complexity index is 734. The van der Waals surface area contributed by atoms with E-state index in [2.05, 4.69) is 41.5 Å². The highest BCUT2D eigenvalue weighted by atomic mass is 14.9. The average Bonchev–Trinajstić information content (AvgIpc) is 2.42. The number of nitrogens with zero attached hydrogens (tertiary/aromatic N) is 1. The molecule has 0 atom stereocenters. The van der Waals surface area contributed by atoms with Crippen molar-refractivity contribution in [1.29, 1.82) is 0 Å². The zero-order valence-corrected chi connectivity index (χ0v) is 11.0. The first-order valence-corrected chi connectivity index (χ1v) is 6.60. The highest BCUT2D eigenvalue weighted by Gasteiger charge is 2.01. The Kier molecular flexibility index (Phi) is 2.95. The van der Waals surface area contributed by atoms with E-state index >= 15 is 0 Å². The first kappa shape index (κ1) is 11.8. The molecular weight excluding hydrogens is 234 g/mol. The number of anilines is 2. The van der Waals surface area contributed by atoms with Crippen LogP contribution >= 0.6 is 0 Å². The van der Waals surface area contributed by atoms with Gasteiger partial charge in [0.2, 0.25) is 0 Å². The third kappa shape index (κ3) is 2.32. The highest BCUT2D eigenvalue weighted by Crippen LogP contribution is 2.23. The van der Waals surface area contributed by atoms with Crippen LogP contribution in [0.1, 0.15) is 13.3 Å². The van der Waals surface area contributed by atoms with Crippen LogP contribution in [0.4, 0.5) is 11.4 Å². The minimum atomic E-state index is 0.750. The molecule has 2 aromatic carbocycles. The molecular formula is C16H17N3. The van der Waals surface area contributed by atoms with E-state index in [1.54, 1.807) is 0 Å². The Labute approximate surface area is 112 Å². The second kappa shape index (κ2) is 4.76. The maximum Gasteiger partial charge on any atom is 0.0730 e. The summed E-state index contributed by atoms with van der Waals surface area (Å²) < 4.78 is 0. The molecule has 3 heteroatoms. The number of aromatic nitrogens is 1. The van der Waals surface area contributed by atoms with Crippen LogP contribution in [0.15, 0.2) is 42.5 Å². The Balaban J connectivity index is 2.13. The third-order valence-corrected chi connectivity index (χ3v) is 3.22. The lowest BCUT2D eigenvalue weighted by atomic mass is 10.1. The summed E-state index contributed by atoms with van der Waals surface area (Å²) in [6.07, 6.45) is 1.11. The van der Waals surface area contributed by atoms with Crippen LogP contribution < -0.4 is 11.1 Å². The van der Waals surface area contributed by atoms with E-state index in [-0.39, 0.29) is 0 Å². The fourth-order valence-electron chi connectivity index (χ4n) is 2.22. The van der Waals surface area contributed by atoms with Gasteiger partial charge in [0.1, 0.15) is 0 Å². The smallest absolute Gasteiger partial charge is 0.0730 e. The zero-order chi connectivity index (χ0) is 13.2.